The molecule has 136 valence electrons. The van der Waals surface area contributed by atoms with Gasteiger partial charge in [0.05, 0.1) is 16.3 Å². The first-order chi connectivity index (χ1) is 12.9. The van der Waals surface area contributed by atoms with Gasteiger partial charge in [-0.15, -0.1) is 0 Å². The fraction of sp³-hybridized carbons (Fsp3) is 0. The van der Waals surface area contributed by atoms with Crippen LogP contribution in [0.25, 0.3) is 0 Å². The van der Waals surface area contributed by atoms with Gasteiger partial charge in [-0.25, -0.2) is 4.79 Å². The van der Waals surface area contributed by atoms with Crippen molar-refractivity contribution in [2.24, 2.45) is 0 Å². The van der Waals surface area contributed by atoms with Crippen molar-refractivity contribution < 1.29 is 19.4 Å². The van der Waals surface area contributed by atoms with Crippen LogP contribution in [0.15, 0.2) is 66.7 Å². The number of carbonyl (C=O) groups is 2. The van der Waals surface area contributed by atoms with E-state index in [9.17, 15) is 14.7 Å². The Hall–Kier alpha value is -3.02. The molecule has 2 N–H and O–H groups in total. The Morgan fingerprint density at radius 2 is 1.67 bits per heavy atom. The lowest BCUT2D eigenvalue weighted by Gasteiger charge is -2.12. The van der Waals surface area contributed by atoms with E-state index in [4.69, 9.17) is 27.9 Å². The van der Waals surface area contributed by atoms with Crippen molar-refractivity contribution in [2.45, 2.75) is 0 Å². The van der Waals surface area contributed by atoms with E-state index in [1.54, 1.807) is 42.5 Å². The Labute approximate surface area is 165 Å². The maximum absolute atomic E-state index is 12.4. The number of halogens is 2. The fourth-order valence-corrected chi connectivity index (χ4v) is 2.66. The van der Waals surface area contributed by atoms with Crippen LogP contribution >= 0.6 is 23.2 Å². The van der Waals surface area contributed by atoms with Crippen molar-refractivity contribution in [1.29, 1.82) is 0 Å². The summed E-state index contributed by atoms with van der Waals surface area (Å²) in [5.74, 6) is -0.998. The average Bonchev–Trinajstić information content (AvgIpc) is 2.65. The molecule has 7 heteroatoms. The van der Waals surface area contributed by atoms with Gasteiger partial charge in [0.15, 0.2) is 0 Å². The molecule has 0 heterocycles. The molecule has 0 aliphatic rings. The van der Waals surface area contributed by atoms with Gasteiger partial charge in [0.25, 0.3) is 5.91 Å². The highest BCUT2D eigenvalue weighted by Gasteiger charge is 2.15. The second kappa shape index (κ2) is 8.12. The largest absolute Gasteiger partial charge is 0.478 e. The third-order valence-electron chi connectivity index (χ3n) is 3.63. The summed E-state index contributed by atoms with van der Waals surface area (Å²) in [7, 11) is 0. The van der Waals surface area contributed by atoms with Crippen LogP contribution in [0.3, 0.4) is 0 Å². The molecular weight excluding hydrogens is 389 g/mol. The van der Waals surface area contributed by atoms with Crippen molar-refractivity contribution in [3.63, 3.8) is 0 Å². The van der Waals surface area contributed by atoms with E-state index in [1.807, 2.05) is 0 Å². The number of carbonyl (C=O) groups excluding carboxylic acids is 1. The molecule has 0 saturated carbocycles. The normalized spacial score (nSPS) is 10.3. The second-order valence-electron chi connectivity index (χ2n) is 5.51. The Balaban J connectivity index is 1.92. The number of hydrogen-bond donors (Lipinski definition) is 2. The van der Waals surface area contributed by atoms with Crippen molar-refractivity contribution in [3.05, 3.63) is 87.9 Å². The molecule has 0 aliphatic carbocycles. The summed E-state index contributed by atoms with van der Waals surface area (Å²) in [4.78, 5) is 23.9. The van der Waals surface area contributed by atoms with Crippen LogP contribution in [0.5, 0.6) is 11.5 Å². The lowest BCUT2D eigenvalue weighted by Crippen LogP contribution is -2.14. The molecule has 0 bridgehead atoms. The predicted molar refractivity (Wildman–Crippen MR) is 104 cm³/mol. The molecule has 0 radical (unpaired) electrons. The number of aromatic carboxylic acids is 1. The number of benzene rings is 3. The first kappa shape index (κ1) is 18.8. The van der Waals surface area contributed by atoms with Crippen LogP contribution in [-0.2, 0) is 0 Å². The van der Waals surface area contributed by atoms with Crippen molar-refractivity contribution in [2.75, 3.05) is 5.32 Å². The van der Waals surface area contributed by atoms with E-state index in [0.29, 0.717) is 27.1 Å². The SMILES string of the molecule is O=C(Nc1cc(Oc2cc(Cl)ccc2Cl)ccc1C(=O)O)c1ccccc1. The molecule has 27 heavy (non-hydrogen) atoms. The number of carboxylic acid groups (broad SMARTS) is 1. The first-order valence-electron chi connectivity index (χ1n) is 7.80. The number of anilines is 1. The minimum atomic E-state index is -1.18. The minimum absolute atomic E-state index is 0.0659. The van der Waals surface area contributed by atoms with Gasteiger partial charge in [0, 0.05) is 22.7 Å². The molecule has 0 aliphatic heterocycles. The average molecular weight is 402 g/mol. The van der Waals surface area contributed by atoms with E-state index in [2.05, 4.69) is 5.32 Å². The summed E-state index contributed by atoms with van der Waals surface area (Å²) in [5, 5.41) is 12.8. The van der Waals surface area contributed by atoms with Gasteiger partial charge < -0.3 is 15.2 Å². The second-order valence-corrected chi connectivity index (χ2v) is 6.35. The summed E-state index contributed by atoms with van der Waals surface area (Å²) in [6, 6.07) is 17.4. The van der Waals surface area contributed by atoms with E-state index in [-0.39, 0.29) is 11.3 Å². The zero-order chi connectivity index (χ0) is 19.4. The number of carboxylic acids is 1. The maximum Gasteiger partial charge on any atom is 0.337 e. The lowest BCUT2D eigenvalue weighted by atomic mass is 10.1. The third kappa shape index (κ3) is 4.58. The molecular formula is C20H13Cl2NO4. The Morgan fingerprint density at radius 3 is 2.37 bits per heavy atom. The summed E-state index contributed by atoms with van der Waals surface area (Å²) in [6.45, 7) is 0. The Kier molecular flexibility index (Phi) is 5.64. The molecule has 3 aromatic carbocycles. The molecule has 0 saturated heterocycles. The Morgan fingerprint density at radius 1 is 0.926 bits per heavy atom. The van der Waals surface area contributed by atoms with Crippen LogP contribution in [-0.4, -0.2) is 17.0 Å². The number of ether oxygens (including phenoxy) is 1. The number of amides is 1. The van der Waals surface area contributed by atoms with Crippen LogP contribution < -0.4 is 10.1 Å². The highest BCUT2D eigenvalue weighted by atomic mass is 35.5. The molecule has 3 rings (SSSR count). The molecule has 0 atom stereocenters. The number of rotatable bonds is 5. The number of hydrogen-bond acceptors (Lipinski definition) is 3. The fourth-order valence-electron chi connectivity index (χ4n) is 2.34. The first-order valence-corrected chi connectivity index (χ1v) is 8.56. The molecule has 0 spiro atoms. The maximum atomic E-state index is 12.4. The van der Waals surface area contributed by atoms with Gasteiger partial charge in [-0.2, -0.15) is 0 Å². The lowest BCUT2D eigenvalue weighted by molar-refractivity contribution is 0.0698. The van der Waals surface area contributed by atoms with Gasteiger partial charge in [-0.05, 0) is 36.4 Å². The van der Waals surface area contributed by atoms with Crippen LogP contribution in [0.2, 0.25) is 10.0 Å². The van der Waals surface area contributed by atoms with Gasteiger partial charge in [0.1, 0.15) is 11.5 Å². The quantitative estimate of drug-likeness (QED) is 0.571. The summed E-state index contributed by atoms with van der Waals surface area (Å²) >= 11 is 12.0. The summed E-state index contributed by atoms with van der Waals surface area (Å²) in [5.41, 5.74) is 0.439. The zero-order valence-electron chi connectivity index (χ0n) is 13.8. The Bertz CT molecular complexity index is 1010. The molecule has 0 fully saturated rings. The smallest absolute Gasteiger partial charge is 0.337 e. The third-order valence-corrected chi connectivity index (χ3v) is 4.17. The minimum Gasteiger partial charge on any atom is -0.478 e. The highest BCUT2D eigenvalue weighted by molar-refractivity contribution is 6.34. The summed E-state index contributed by atoms with van der Waals surface area (Å²) in [6.07, 6.45) is 0. The van der Waals surface area contributed by atoms with Gasteiger partial charge >= 0.3 is 5.97 Å². The van der Waals surface area contributed by atoms with Crippen LogP contribution in [0.1, 0.15) is 20.7 Å². The van der Waals surface area contributed by atoms with Gasteiger partial charge in [0.2, 0.25) is 0 Å². The van der Waals surface area contributed by atoms with E-state index in [1.165, 1.54) is 24.3 Å². The summed E-state index contributed by atoms with van der Waals surface area (Å²) < 4.78 is 5.69. The number of nitrogens with one attached hydrogen (secondary N) is 1. The zero-order valence-corrected chi connectivity index (χ0v) is 15.3. The molecule has 1 amide bonds. The standard InChI is InChI=1S/C20H13Cl2NO4/c21-13-6-9-16(22)18(10-13)27-14-7-8-15(20(25)26)17(11-14)23-19(24)12-4-2-1-3-5-12/h1-11H,(H,23,24)(H,25,26). The van der Waals surface area contributed by atoms with E-state index >= 15 is 0 Å². The van der Waals surface area contributed by atoms with Crippen LogP contribution in [0, 0.1) is 0 Å². The van der Waals surface area contributed by atoms with E-state index < -0.39 is 11.9 Å². The van der Waals surface area contributed by atoms with Crippen LogP contribution in [0.4, 0.5) is 5.69 Å². The molecule has 3 aromatic rings. The van der Waals surface area contributed by atoms with Gasteiger partial charge in [-0.1, -0.05) is 41.4 Å². The van der Waals surface area contributed by atoms with Crippen molar-refractivity contribution in [3.8, 4) is 11.5 Å². The predicted octanol–water partition coefficient (Wildman–Crippen LogP) is 5.74. The van der Waals surface area contributed by atoms with Gasteiger partial charge in [-0.3, -0.25) is 4.79 Å². The molecule has 5 nitrogen and oxygen atoms in total. The monoisotopic (exact) mass is 401 g/mol. The topological polar surface area (TPSA) is 75.6 Å². The molecule has 0 unspecified atom stereocenters. The molecule has 0 aromatic heterocycles. The van der Waals surface area contributed by atoms with E-state index in [0.717, 1.165) is 0 Å². The highest BCUT2D eigenvalue weighted by Crippen LogP contribution is 2.33. The van der Waals surface area contributed by atoms with Crippen molar-refractivity contribution in [1.82, 2.24) is 0 Å². The van der Waals surface area contributed by atoms with Crippen molar-refractivity contribution >= 4 is 40.8 Å².